The predicted octanol–water partition coefficient (Wildman–Crippen LogP) is 4.95. The number of nitriles is 1. The number of hydrogen-bond donors (Lipinski definition) is 0. The molecule has 0 unspecified atom stereocenters. The normalized spacial score (nSPS) is 14.0. The largest absolute Gasteiger partial charge is 0.489 e. The van der Waals surface area contributed by atoms with E-state index in [-0.39, 0.29) is 11.5 Å². The molecule has 0 atom stereocenters. The van der Waals surface area contributed by atoms with Crippen LogP contribution in [0, 0.1) is 11.3 Å². The molecule has 0 N–H and O–H groups in total. The van der Waals surface area contributed by atoms with Gasteiger partial charge in [-0.05, 0) is 52.9 Å². The van der Waals surface area contributed by atoms with Crippen molar-refractivity contribution < 1.29 is 9.53 Å². The molecule has 1 aliphatic heterocycles. The third-order valence-electron chi connectivity index (χ3n) is 5.19. The van der Waals surface area contributed by atoms with Crippen molar-refractivity contribution in [2.75, 3.05) is 13.1 Å². The van der Waals surface area contributed by atoms with E-state index in [4.69, 9.17) is 4.74 Å². The number of fused-ring (bicyclic) bond motifs is 1. The number of ether oxygens (including phenoxy) is 1. The molecule has 0 bridgehead atoms. The molecular formula is C25H22N2O2. The van der Waals surface area contributed by atoms with E-state index in [2.05, 4.69) is 30.3 Å². The molecule has 3 aromatic carbocycles. The van der Waals surface area contributed by atoms with Gasteiger partial charge < -0.3 is 9.64 Å². The fourth-order valence-corrected chi connectivity index (χ4v) is 3.67. The smallest absolute Gasteiger partial charge is 0.264 e. The highest BCUT2D eigenvalue weighted by Crippen LogP contribution is 2.22. The van der Waals surface area contributed by atoms with E-state index in [9.17, 15) is 10.1 Å². The molecule has 1 heterocycles. The SMILES string of the molecule is N#C/C(=C\c1cccc(OCc2cccc3ccccc23)c1)C(=O)N1CCCC1. The maximum atomic E-state index is 12.5. The van der Waals surface area contributed by atoms with Gasteiger partial charge in [0.15, 0.2) is 0 Å². The maximum absolute atomic E-state index is 12.5. The highest BCUT2D eigenvalue weighted by molar-refractivity contribution is 6.01. The van der Waals surface area contributed by atoms with Crippen LogP contribution in [0.5, 0.6) is 5.75 Å². The number of nitrogens with zero attached hydrogens (tertiary/aromatic N) is 2. The Hall–Kier alpha value is -3.58. The minimum absolute atomic E-state index is 0.165. The van der Waals surface area contributed by atoms with Gasteiger partial charge in [-0.25, -0.2) is 0 Å². The van der Waals surface area contributed by atoms with Crippen molar-refractivity contribution in [3.63, 3.8) is 0 Å². The average molecular weight is 382 g/mol. The molecule has 0 aromatic heterocycles. The summed E-state index contributed by atoms with van der Waals surface area (Å²) in [5.41, 5.74) is 2.06. The summed E-state index contributed by atoms with van der Waals surface area (Å²) in [6.07, 6.45) is 3.65. The first-order valence-corrected chi connectivity index (χ1v) is 9.85. The van der Waals surface area contributed by atoms with Crippen LogP contribution in [0.15, 0.2) is 72.3 Å². The zero-order valence-corrected chi connectivity index (χ0v) is 16.2. The Morgan fingerprint density at radius 3 is 2.62 bits per heavy atom. The summed E-state index contributed by atoms with van der Waals surface area (Å²) in [4.78, 5) is 14.3. The molecule has 144 valence electrons. The van der Waals surface area contributed by atoms with Crippen molar-refractivity contribution in [1.29, 1.82) is 5.26 Å². The van der Waals surface area contributed by atoms with Gasteiger partial charge >= 0.3 is 0 Å². The lowest BCUT2D eigenvalue weighted by Gasteiger charge is -2.14. The second kappa shape index (κ2) is 8.62. The first kappa shape index (κ1) is 18.8. The van der Waals surface area contributed by atoms with Gasteiger partial charge in [-0.3, -0.25) is 4.79 Å². The van der Waals surface area contributed by atoms with Gasteiger partial charge in [0.1, 0.15) is 24.0 Å². The lowest BCUT2D eigenvalue weighted by atomic mass is 10.1. The predicted molar refractivity (Wildman–Crippen MR) is 114 cm³/mol. The Kier molecular flexibility index (Phi) is 5.58. The molecule has 0 radical (unpaired) electrons. The summed E-state index contributed by atoms with van der Waals surface area (Å²) >= 11 is 0. The summed E-state index contributed by atoms with van der Waals surface area (Å²) in [7, 11) is 0. The number of carbonyl (C=O) groups excluding carboxylic acids is 1. The van der Waals surface area contributed by atoms with Crippen LogP contribution in [0.1, 0.15) is 24.0 Å². The van der Waals surface area contributed by atoms with Crippen LogP contribution in [0.2, 0.25) is 0 Å². The maximum Gasteiger partial charge on any atom is 0.264 e. The molecule has 1 amide bonds. The number of carbonyl (C=O) groups is 1. The van der Waals surface area contributed by atoms with Gasteiger partial charge in [-0.2, -0.15) is 5.26 Å². The second-order valence-corrected chi connectivity index (χ2v) is 7.17. The average Bonchev–Trinajstić information content (AvgIpc) is 3.31. The van der Waals surface area contributed by atoms with Crippen LogP contribution in [0.4, 0.5) is 0 Å². The van der Waals surface area contributed by atoms with E-state index in [1.165, 1.54) is 10.8 Å². The summed E-state index contributed by atoms with van der Waals surface area (Å²) in [6, 6.07) is 24.0. The Labute approximate surface area is 170 Å². The standard InChI is InChI=1S/C25H22N2O2/c26-17-22(25(28)27-13-3-4-14-27)15-19-7-5-11-23(16-19)29-18-21-10-6-9-20-8-1-2-12-24(20)21/h1-2,5-12,15-16H,3-4,13-14,18H2/b22-15+. The quantitative estimate of drug-likeness (QED) is 0.463. The fourth-order valence-electron chi connectivity index (χ4n) is 3.67. The lowest BCUT2D eigenvalue weighted by molar-refractivity contribution is -0.125. The van der Waals surface area contributed by atoms with Gasteiger partial charge in [-0.1, -0.05) is 54.6 Å². The highest BCUT2D eigenvalue weighted by atomic mass is 16.5. The Bertz CT molecular complexity index is 1100. The molecule has 0 aliphatic carbocycles. The summed E-state index contributed by atoms with van der Waals surface area (Å²) in [6.45, 7) is 1.91. The molecule has 4 rings (SSSR count). The number of hydrogen-bond acceptors (Lipinski definition) is 3. The topological polar surface area (TPSA) is 53.3 Å². The first-order chi connectivity index (χ1) is 14.2. The third kappa shape index (κ3) is 4.30. The summed E-state index contributed by atoms with van der Waals surface area (Å²) in [5, 5.41) is 11.8. The molecular weight excluding hydrogens is 360 g/mol. The zero-order chi connectivity index (χ0) is 20.1. The van der Waals surface area contributed by atoms with E-state index in [1.54, 1.807) is 11.0 Å². The van der Waals surface area contributed by atoms with Crippen LogP contribution in [0.3, 0.4) is 0 Å². The molecule has 4 nitrogen and oxygen atoms in total. The van der Waals surface area contributed by atoms with Crippen LogP contribution < -0.4 is 4.74 Å². The number of rotatable bonds is 5. The second-order valence-electron chi connectivity index (χ2n) is 7.17. The van der Waals surface area contributed by atoms with Crippen LogP contribution in [0.25, 0.3) is 16.8 Å². The highest BCUT2D eigenvalue weighted by Gasteiger charge is 2.21. The molecule has 4 heteroatoms. The van der Waals surface area contributed by atoms with E-state index in [0.29, 0.717) is 12.4 Å². The van der Waals surface area contributed by atoms with Crippen molar-refractivity contribution in [2.45, 2.75) is 19.4 Å². The van der Waals surface area contributed by atoms with Crippen molar-refractivity contribution in [2.24, 2.45) is 0 Å². The van der Waals surface area contributed by atoms with Crippen molar-refractivity contribution in [3.8, 4) is 11.8 Å². The van der Waals surface area contributed by atoms with Crippen molar-refractivity contribution in [1.82, 2.24) is 4.90 Å². The van der Waals surface area contributed by atoms with Crippen LogP contribution in [-0.4, -0.2) is 23.9 Å². The van der Waals surface area contributed by atoms with Gasteiger partial charge in [0.2, 0.25) is 0 Å². The van der Waals surface area contributed by atoms with E-state index in [0.717, 1.165) is 37.1 Å². The Morgan fingerprint density at radius 1 is 1.03 bits per heavy atom. The van der Waals surface area contributed by atoms with Crippen molar-refractivity contribution >= 4 is 22.8 Å². The molecule has 1 fully saturated rings. The minimum Gasteiger partial charge on any atom is -0.489 e. The number of amides is 1. The Balaban J connectivity index is 1.51. The molecule has 1 saturated heterocycles. The van der Waals surface area contributed by atoms with E-state index >= 15 is 0 Å². The minimum atomic E-state index is -0.188. The molecule has 3 aromatic rings. The van der Waals surface area contributed by atoms with Crippen LogP contribution >= 0.6 is 0 Å². The van der Waals surface area contributed by atoms with Gasteiger partial charge in [0.25, 0.3) is 5.91 Å². The number of likely N-dealkylation sites (tertiary alicyclic amines) is 1. The van der Waals surface area contributed by atoms with E-state index < -0.39 is 0 Å². The van der Waals surface area contributed by atoms with Crippen molar-refractivity contribution in [3.05, 3.63) is 83.4 Å². The van der Waals surface area contributed by atoms with Gasteiger partial charge in [-0.15, -0.1) is 0 Å². The summed E-state index contributed by atoms with van der Waals surface area (Å²) < 4.78 is 6.01. The van der Waals surface area contributed by atoms with Crippen LogP contribution in [-0.2, 0) is 11.4 Å². The van der Waals surface area contributed by atoms with Gasteiger partial charge in [0, 0.05) is 13.1 Å². The number of benzene rings is 3. The molecule has 1 aliphatic rings. The fraction of sp³-hybridized carbons (Fsp3) is 0.200. The lowest BCUT2D eigenvalue weighted by Crippen LogP contribution is -2.28. The monoisotopic (exact) mass is 382 g/mol. The Morgan fingerprint density at radius 2 is 1.79 bits per heavy atom. The van der Waals surface area contributed by atoms with E-state index in [1.807, 2.05) is 42.5 Å². The molecule has 29 heavy (non-hydrogen) atoms. The molecule has 0 saturated carbocycles. The van der Waals surface area contributed by atoms with Gasteiger partial charge in [0.05, 0.1) is 0 Å². The first-order valence-electron chi connectivity index (χ1n) is 9.85. The zero-order valence-electron chi connectivity index (χ0n) is 16.2. The summed E-state index contributed by atoms with van der Waals surface area (Å²) in [5.74, 6) is 0.518. The third-order valence-corrected chi connectivity index (χ3v) is 5.19. The molecule has 0 spiro atoms.